The van der Waals surface area contributed by atoms with Gasteiger partial charge in [-0.1, -0.05) is 54.6 Å². The summed E-state index contributed by atoms with van der Waals surface area (Å²) in [6.45, 7) is 3.95. The molecule has 1 aliphatic rings. The number of amides is 1. The lowest BCUT2D eigenvalue weighted by Gasteiger charge is -2.17. The molecule has 1 N–H and O–H groups in total. The lowest BCUT2D eigenvalue weighted by molar-refractivity contribution is -0.118. The smallest absolute Gasteiger partial charge is 0.230 e. The first-order valence-corrected chi connectivity index (χ1v) is 10.9. The molecule has 144 valence electrons. The van der Waals surface area contributed by atoms with Crippen molar-refractivity contribution in [1.29, 1.82) is 0 Å². The summed E-state index contributed by atoms with van der Waals surface area (Å²) in [7, 11) is 0. The van der Waals surface area contributed by atoms with E-state index in [1.165, 1.54) is 47.8 Å². The molecule has 4 heteroatoms. The first-order valence-electron chi connectivity index (χ1n) is 9.95. The van der Waals surface area contributed by atoms with E-state index in [2.05, 4.69) is 64.8 Å². The summed E-state index contributed by atoms with van der Waals surface area (Å²) in [4.78, 5) is 16.0. The van der Waals surface area contributed by atoms with Gasteiger partial charge in [-0.2, -0.15) is 0 Å². The number of hydrogen-bond donors (Lipinski definition) is 1. The molecule has 0 aromatic heterocycles. The van der Waals surface area contributed by atoms with Crippen LogP contribution < -0.4 is 5.32 Å². The van der Waals surface area contributed by atoms with Crippen LogP contribution in [0.5, 0.6) is 0 Å². The number of hydrogen-bond acceptors (Lipinski definition) is 3. The minimum Gasteiger partial charge on any atom is -0.351 e. The number of rotatable bonds is 7. The average Bonchev–Trinajstić information content (AvgIpc) is 3.24. The predicted octanol–water partition coefficient (Wildman–Crippen LogP) is 4.84. The lowest BCUT2D eigenvalue weighted by Crippen LogP contribution is -2.26. The molecule has 0 spiro atoms. The van der Waals surface area contributed by atoms with Crippen LogP contribution in [0.15, 0.2) is 71.6 Å². The molecule has 3 nitrogen and oxygen atoms in total. The van der Waals surface area contributed by atoms with E-state index >= 15 is 0 Å². The monoisotopic (exact) mass is 390 g/mol. The molecular formula is C24H26N2OS. The number of fused-ring (bicyclic) bond motifs is 1. The number of likely N-dealkylation sites (tertiary alicyclic amines) is 1. The quantitative estimate of drug-likeness (QED) is 0.586. The van der Waals surface area contributed by atoms with Crippen molar-refractivity contribution in [2.75, 3.05) is 18.8 Å². The van der Waals surface area contributed by atoms with E-state index < -0.39 is 0 Å². The highest BCUT2D eigenvalue weighted by Crippen LogP contribution is 2.23. The molecule has 1 fully saturated rings. The predicted molar refractivity (Wildman–Crippen MR) is 117 cm³/mol. The highest BCUT2D eigenvalue weighted by Gasteiger charge is 2.14. The topological polar surface area (TPSA) is 32.3 Å². The van der Waals surface area contributed by atoms with Crippen LogP contribution in [-0.2, 0) is 17.9 Å². The zero-order chi connectivity index (χ0) is 19.2. The molecule has 0 atom stereocenters. The second-order valence-electron chi connectivity index (χ2n) is 7.33. The van der Waals surface area contributed by atoms with Gasteiger partial charge in [0.1, 0.15) is 0 Å². The first kappa shape index (κ1) is 19.0. The number of carbonyl (C=O) groups excluding carboxylic acids is 1. The molecule has 3 aromatic rings. The van der Waals surface area contributed by atoms with Gasteiger partial charge in [-0.05, 0) is 60.0 Å². The van der Waals surface area contributed by atoms with Gasteiger partial charge in [0.25, 0.3) is 0 Å². The fraction of sp³-hybridized carbons (Fsp3) is 0.292. The van der Waals surface area contributed by atoms with Crippen molar-refractivity contribution in [3.63, 3.8) is 0 Å². The van der Waals surface area contributed by atoms with Crippen LogP contribution in [0.2, 0.25) is 0 Å². The van der Waals surface area contributed by atoms with Gasteiger partial charge in [-0.25, -0.2) is 0 Å². The summed E-state index contributed by atoms with van der Waals surface area (Å²) >= 11 is 1.59. The van der Waals surface area contributed by atoms with E-state index in [4.69, 9.17) is 0 Å². The minimum atomic E-state index is 0.0779. The van der Waals surface area contributed by atoms with Crippen molar-refractivity contribution < 1.29 is 4.79 Å². The second kappa shape index (κ2) is 9.26. The molecule has 0 radical (unpaired) electrons. The summed E-state index contributed by atoms with van der Waals surface area (Å²) < 4.78 is 0. The molecule has 0 bridgehead atoms. The standard InChI is InChI=1S/C24H26N2OS/c27-24(18-28-23-12-11-19-7-1-2-8-20(19)15-23)25-16-21-9-3-4-10-22(21)17-26-13-5-6-14-26/h1-4,7-12,15H,5-6,13-14,16-18H2,(H,25,27). The Morgan fingerprint density at radius 1 is 0.893 bits per heavy atom. The van der Waals surface area contributed by atoms with Gasteiger partial charge in [0.15, 0.2) is 0 Å². The van der Waals surface area contributed by atoms with E-state index in [0.717, 1.165) is 11.4 Å². The maximum absolute atomic E-state index is 12.4. The van der Waals surface area contributed by atoms with Crippen molar-refractivity contribution in [3.8, 4) is 0 Å². The van der Waals surface area contributed by atoms with Crippen LogP contribution in [0, 0.1) is 0 Å². The number of carbonyl (C=O) groups is 1. The Balaban J connectivity index is 1.30. The van der Waals surface area contributed by atoms with Crippen molar-refractivity contribution in [2.45, 2.75) is 30.8 Å². The van der Waals surface area contributed by atoms with E-state index in [-0.39, 0.29) is 5.91 Å². The van der Waals surface area contributed by atoms with Gasteiger partial charge in [0.05, 0.1) is 5.75 Å². The third kappa shape index (κ3) is 4.94. The largest absolute Gasteiger partial charge is 0.351 e. The van der Waals surface area contributed by atoms with E-state index in [9.17, 15) is 4.79 Å². The normalized spacial score (nSPS) is 14.4. The Kier molecular flexibility index (Phi) is 6.30. The van der Waals surface area contributed by atoms with Crippen molar-refractivity contribution in [3.05, 3.63) is 77.9 Å². The summed E-state index contributed by atoms with van der Waals surface area (Å²) in [5.74, 6) is 0.515. The molecule has 1 amide bonds. The molecule has 0 saturated carbocycles. The molecule has 4 rings (SSSR count). The molecule has 3 aromatic carbocycles. The molecular weight excluding hydrogens is 364 g/mol. The Hall–Kier alpha value is -2.30. The Labute approximate surface area is 171 Å². The van der Waals surface area contributed by atoms with Gasteiger partial charge in [0.2, 0.25) is 5.91 Å². The van der Waals surface area contributed by atoms with Crippen LogP contribution in [-0.4, -0.2) is 29.6 Å². The van der Waals surface area contributed by atoms with Gasteiger partial charge in [-0.15, -0.1) is 11.8 Å². The first-order chi connectivity index (χ1) is 13.8. The summed E-state index contributed by atoms with van der Waals surface area (Å²) in [5, 5.41) is 5.53. The minimum absolute atomic E-state index is 0.0779. The Bertz CT molecular complexity index is 950. The maximum atomic E-state index is 12.4. The van der Waals surface area contributed by atoms with Gasteiger partial charge >= 0.3 is 0 Å². The van der Waals surface area contributed by atoms with Crippen LogP contribution >= 0.6 is 11.8 Å². The second-order valence-corrected chi connectivity index (χ2v) is 8.38. The molecule has 0 unspecified atom stereocenters. The summed E-state index contributed by atoms with van der Waals surface area (Å²) in [6.07, 6.45) is 2.59. The molecule has 1 heterocycles. The van der Waals surface area contributed by atoms with Gasteiger partial charge < -0.3 is 5.32 Å². The maximum Gasteiger partial charge on any atom is 0.230 e. The fourth-order valence-corrected chi connectivity index (χ4v) is 4.49. The number of thioether (sulfide) groups is 1. The van der Waals surface area contributed by atoms with Crippen molar-refractivity contribution >= 4 is 28.4 Å². The number of benzene rings is 3. The highest BCUT2D eigenvalue weighted by molar-refractivity contribution is 8.00. The SMILES string of the molecule is O=C(CSc1ccc2ccccc2c1)NCc1ccccc1CN1CCCC1. The molecule has 1 saturated heterocycles. The third-order valence-corrected chi connectivity index (χ3v) is 6.27. The van der Waals surface area contributed by atoms with Crippen molar-refractivity contribution in [1.82, 2.24) is 10.2 Å². The van der Waals surface area contributed by atoms with Crippen molar-refractivity contribution in [2.24, 2.45) is 0 Å². The fourth-order valence-electron chi connectivity index (χ4n) is 3.72. The third-order valence-electron chi connectivity index (χ3n) is 5.28. The van der Waals surface area contributed by atoms with Gasteiger partial charge in [0, 0.05) is 18.0 Å². The Morgan fingerprint density at radius 2 is 1.61 bits per heavy atom. The average molecular weight is 391 g/mol. The molecule has 0 aliphatic carbocycles. The zero-order valence-electron chi connectivity index (χ0n) is 16.1. The van der Waals surface area contributed by atoms with Crippen LogP contribution in [0.3, 0.4) is 0 Å². The number of nitrogens with one attached hydrogen (secondary N) is 1. The van der Waals surface area contributed by atoms with E-state index in [1.807, 2.05) is 12.1 Å². The van der Waals surface area contributed by atoms with Crippen LogP contribution in [0.1, 0.15) is 24.0 Å². The van der Waals surface area contributed by atoms with Crippen LogP contribution in [0.4, 0.5) is 0 Å². The van der Waals surface area contributed by atoms with E-state index in [0.29, 0.717) is 12.3 Å². The molecule has 1 aliphatic heterocycles. The lowest BCUT2D eigenvalue weighted by atomic mass is 10.1. The van der Waals surface area contributed by atoms with Crippen LogP contribution in [0.25, 0.3) is 10.8 Å². The summed E-state index contributed by atoms with van der Waals surface area (Å²) in [6, 6.07) is 23.1. The summed E-state index contributed by atoms with van der Waals surface area (Å²) in [5.41, 5.74) is 2.55. The zero-order valence-corrected chi connectivity index (χ0v) is 16.9. The molecule has 28 heavy (non-hydrogen) atoms. The Morgan fingerprint density at radius 3 is 2.43 bits per heavy atom. The van der Waals surface area contributed by atoms with E-state index in [1.54, 1.807) is 11.8 Å². The van der Waals surface area contributed by atoms with Gasteiger partial charge in [-0.3, -0.25) is 9.69 Å². The number of nitrogens with zero attached hydrogens (tertiary/aromatic N) is 1. The highest BCUT2D eigenvalue weighted by atomic mass is 32.2.